The lowest BCUT2D eigenvalue weighted by atomic mass is 9.72. The van der Waals surface area contributed by atoms with Gasteiger partial charge in [0.2, 0.25) is 5.91 Å². The molecule has 28 heavy (non-hydrogen) atoms. The number of anilines is 1. The summed E-state index contributed by atoms with van der Waals surface area (Å²) in [7, 11) is 0. The van der Waals surface area contributed by atoms with E-state index >= 15 is 0 Å². The van der Waals surface area contributed by atoms with E-state index in [-0.39, 0.29) is 17.9 Å². The van der Waals surface area contributed by atoms with Crippen molar-refractivity contribution in [3.05, 3.63) is 29.8 Å². The predicted octanol–water partition coefficient (Wildman–Crippen LogP) is 3.08. The zero-order chi connectivity index (χ0) is 20.2. The van der Waals surface area contributed by atoms with E-state index in [1.165, 1.54) is 31.7 Å². The summed E-state index contributed by atoms with van der Waals surface area (Å²) in [6.07, 6.45) is 7.84. The van der Waals surface area contributed by atoms with Crippen LogP contribution in [0.1, 0.15) is 57.9 Å². The maximum absolute atomic E-state index is 11.1. The molecular formula is C22H36N4O2. The average molecular weight is 389 g/mol. The van der Waals surface area contributed by atoms with Gasteiger partial charge < -0.3 is 21.1 Å². The van der Waals surface area contributed by atoms with Gasteiger partial charge in [-0.25, -0.2) is 0 Å². The fourth-order valence-corrected chi connectivity index (χ4v) is 3.90. The zero-order valence-corrected chi connectivity index (χ0v) is 17.4. The van der Waals surface area contributed by atoms with Crippen molar-refractivity contribution in [2.24, 2.45) is 10.4 Å². The highest BCUT2D eigenvalue weighted by atomic mass is 16.3. The third-order valence-corrected chi connectivity index (χ3v) is 5.45. The second-order valence-electron chi connectivity index (χ2n) is 7.78. The number of nitrogens with one attached hydrogen (secondary N) is 3. The third kappa shape index (κ3) is 7.50. The first-order valence-corrected chi connectivity index (χ1v) is 10.6. The Kier molecular flexibility index (Phi) is 9.28. The number of guanidine groups is 1. The number of nitrogens with zero attached hydrogens (tertiary/aromatic N) is 1. The number of carbonyl (C=O) groups excluding carboxylic acids is 1. The molecule has 0 unspecified atom stereocenters. The highest BCUT2D eigenvalue weighted by Crippen LogP contribution is 2.39. The van der Waals surface area contributed by atoms with Gasteiger partial charge in [0.25, 0.3) is 0 Å². The summed E-state index contributed by atoms with van der Waals surface area (Å²) in [6.45, 7) is 6.21. The van der Waals surface area contributed by atoms with E-state index in [4.69, 9.17) is 4.99 Å². The number of hydrogen-bond acceptors (Lipinski definition) is 3. The lowest BCUT2D eigenvalue weighted by molar-refractivity contribution is -0.114. The monoisotopic (exact) mass is 388 g/mol. The van der Waals surface area contributed by atoms with Crippen molar-refractivity contribution in [3.8, 4) is 0 Å². The lowest BCUT2D eigenvalue weighted by Gasteiger charge is -2.35. The van der Waals surface area contributed by atoms with Crippen LogP contribution in [0.15, 0.2) is 29.3 Å². The molecule has 0 bridgehead atoms. The summed E-state index contributed by atoms with van der Waals surface area (Å²) in [5.74, 6) is 0.790. The molecule has 1 aromatic rings. The van der Waals surface area contributed by atoms with E-state index in [0.29, 0.717) is 0 Å². The van der Waals surface area contributed by atoms with Gasteiger partial charge in [-0.1, -0.05) is 31.4 Å². The summed E-state index contributed by atoms with van der Waals surface area (Å²) in [6, 6.07) is 7.93. The minimum atomic E-state index is -0.0576. The average Bonchev–Trinajstić information content (AvgIpc) is 2.68. The Bertz CT molecular complexity index is 616. The number of aliphatic hydroxyl groups excluding tert-OH is 1. The Labute approximate surface area is 169 Å². The minimum Gasteiger partial charge on any atom is -0.396 e. The summed E-state index contributed by atoms with van der Waals surface area (Å²) >= 11 is 0. The molecule has 1 aliphatic carbocycles. The van der Waals surface area contributed by atoms with Crippen LogP contribution in [0, 0.1) is 5.41 Å². The summed E-state index contributed by atoms with van der Waals surface area (Å²) in [4.78, 5) is 15.9. The first-order valence-electron chi connectivity index (χ1n) is 10.6. The second-order valence-corrected chi connectivity index (χ2v) is 7.78. The second kappa shape index (κ2) is 11.7. The molecule has 0 spiro atoms. The van der Waals surface area contributed by atoms with E-state index in [0.717, 1.165) is 57.0 Å². The number of carbonyl (C=O) groups is 1. The van der Waals surface area contributed by atoms with Crippen LogP contribution >= 0.6 is 0 Å². The maximum atomic E-state index is 11.1. The number of aliphatic imine (C=N–C) groups is 1. The minimum absolute atomic E-state index is 0.0576. The molecule has 0 aliphatic heterocycles. The summed E-state index contributed by atoms with van der Waals surface area (Å²) in [5, 5.41) is 19.0. The summed E-state index contributed by atoms with van der Waals surface area (Å²) in [5.41, 5.74) is 2.19. The SMILES string of the molecule is CCNC(=NCC1(CCO)CCCCC1)NCCc1ccc(NC(C)=O)cc1. The fourth-order valence-electron chi connectivity index (χ4n) is 3.90. The van der Waals surface area contributed by atoms with Crippen molar-refractivity contribution in [1.29, 1.82) is 0 Å². The Hall–Kier alpha value is -2.08. The molecule has 1 aromatic carbocycles. The quantitative estimate of drug-likeness (QED) is 0.387. The topological polar surface area (TPSA) is 85.8 Å². The first-order chi connectivity index (χ1) is 13.6. The maximum Gasteiger partial charge on any atom is 0.221 e. The molecule has 6 nitrogen and oxygen atoms in total. The highest BCUT2D eigenvalue weighted by Gasteiger charge is 2.31. The molecule has 0 aromatic heterocycles. The molecule has 6 heteroatoms. The molecule has 1 aliphatic rings. The van der Waals surface area contributed by atoms with E-state index in [9.17, 15) is 9.90 Å². The van der Waals surface area contributed by atoms with Gasteiger partial charge in [-0.2, -0.15) is 0 Å². The first kappa shape index (κ1) is 22.2. The normalized spacial score (nSPS) is 16.5. The van der Waals surface area contributed by atoms with E-state index in [2.05, 4.69) is 22.9 Å². The van der Waals surface area contributed by atoms with Crippen LogP contribution in [0.2, 0.25) is 0 Å². The standard InChI is InChI=1S/C22H36N4O2/c1-3-23-21(25-17-22(14-16-27)12-5-4-6-13-22)24-15-11-19-7-9-20(10-8-19)26-18(2)28/h7-10,27H,3-6,11-17H2,1-2H3,(H,26,28)(H2,23,24,25). The third-order valence-electron chi connectivity index (χ3n) is 5.45. The Morgan fingerprint density at radius 2 is 1.86 bits per heavy atom. The van der Waals surface area contributed by atoms with Gasteiger partial charge in [-0.15, -0.1) is 0 Å². The number of rotatable bonds is 9. The molecule has 0 heterocycles. The molecular weight excluding hydrogens is 352 g/mol. The molecule has 1 amide bonds. The van der Waals surface area contributed by atoms with E-state index < -0.39 is 0 Å². The largest absolute Gasteiger partial charge is 0.396 e. The highest BCUT2D eigenvalue weighted by molar-refractivity contribution is 5.88. The van der Waals surface area contributed by atoms with E-state index in [1.807, 2.05) is 24.3 Å². The van der Waals surface area contributed by atoms with Crippen LogP contribution < -0.4 is 16.0 Å². The van der Waals surface area contributed by atoms with Crippen molar-refractivity contribution >= 4 is 17.6 Å². The molecule has 1 saturated carbocycles. The smallest absolute Gasteiger partial charge is 0.221 e. The van der Waals surface area contributed by atoms with Crippen LogP contribution in [-0.4, -0.2) is 43.2 Å². The molecule has 4 N–H and O–H groups in total. The van der Waals surface area contributed by atoms with Gasteiger partial charge in [-0.05, 0) is 55.7 Å². The predicted molar refractivity (Wildman–Crippen MR) is 116 cm³/mol. The van der Waals surface area contributed by atoms with Gasteiger partial charge in [-0.3, -0.25) is 9.79 Å². The molecule has 2 rings (SSSR count). The van der Waals surface area contributed by atoms with Crippen LogP contribution in [0.4, 0.5) is 5.69 Å². The Morgan fingerprint density at radius 1 is 1.14 bits per heavy atom. The summed E-state index contributed by atoms with van der Waals surface area (Å²) < 4.78 is 0. The molecule has 0 atom stereocenters. The number of aliphatic hydroxyl groups is 1. The van der Waals surface area contributed by atoms with Crippen molar-refractivity contribution in [3.63, 3.8) is 0 Å². The molecule has 0 radical (unpaired) electrons. The van der Waals surface area contributed by atoms with Crippen molar-refractivity contribution in [1.82, 2.24) is 10.6 Å². The van der Waals surface area contributed by atoms with Crippen molar-refractivity contribution in [2.45, 2.75) is 58.8 Å². The van der Waals surface area contributed by atoms with Crippen LogP contribution in [0.5, 0.6) is 0 Å². The fraction of sp³-hybridized carbons (Fsp3) is 0.636. The molecule has 1 fully saturated rings. The van der Waals surface area contributed by atoms with Crippen molar-refractivity contribution < 1.29 is 9.90 Å². The van der Waals surface area contributed by atoms with Crippen molar-refractivity contribution in [2.75, 3.05) is 31.6 Å². The van der Waals surface area contributed by atoms with Crippen LogP contribution in [0.3, 0.4) is 0 Å². The van der Waals surface area contributed by atoms with Gasteiger partial charge >= 0.3 is 0 Å². The van der Waals surface area contributed by atoms with Gasteiger partial charge in [0, 0.05) is 38.9 Å². The Morgan fingerprint density at radius 3 is 2.46 bits per heavy atom. The van der Waals surface area contributed by atoms with Crippen LogP contribution in [-0.2, 0) is 11.2 Å². The van der Waals surface area contributed by atoms with Gasteiger partial charge in [0.15, 0.2) is 5.96 Å². The number of hydrogen-bond donors (Lipinski definition) is 4. The van der Waals surface area contributed by atoms with Gasteiger partial charge in [0.05, 0.1) is 0 Å². The van der Waals surface area contributed by atoms with Crippen LogP contribution in [0.25, 0.3) is 0 Å². The molecule has 156 valence electrons. The lowest BCUT2D eigenvalue weighted by Crippen LogP contribution is -2.40. The van der Waals surface area contributed by atoms with E-state index in [1.54, 1.807) is 0 Å². The van der Waals surface area contributed by atoms with Gasteiger partial charge in [0.1, 0.15) is 0 Å². The number of amides is 1. The molecule has 0 saturated heterocycles. The zero-order valence-electron chi connectivity index (χ0n) is 17.4. The Balaban J connectivity index is 1.87. The number of benzene rings is 1.